The molecule has 3 heteroatoms. The van der Waals surface area contributed by atoms with E-state index in [1.165, 1.54) is 45.4 Å². The molecule has 1 heterocycles. The predicted molar refractivity (Wildman–Crippen MR) is 79.9 cm³/mol. The van der Waals surface area contributed by atoms with Crippen LogP contribution in [0.4, 0.5) is 0 Å². The maximum absolute atomic E-state index is 3.48. The zero-order valence-corrected chi connectivity index (χ0v) is 12.9. The average molecular weight is 258 g/mol. The van der Waals surface area contributed by atoms with Crippen LogP contribution < -0.4 is 5.32 Å². The Bertz CT molecular complexity index is 196. The number of thioether (sulfide) groups is 1. The molecule has 2 nitrogen and oxygen atoms in total. The van der Waals surface area contributed by atoms with E-state index in [-0.39, 0.29) is 0 Å². The van der Waals surface area contributed by atoms with Gasteiger partial charge in [-0.05, 0) is 51.1 Å². The number of nitrogens with zero attached hydrogens (tertiary/aromatic N) is 1. The Morgan fingerprint density at radius 1 is 1.29 bits per heavy atom. The molecule has 0 spiro atoms. The molecule has 0 aromatic heterocycles. The predicted octanol–water partition coefficient (Wildman–Crippen LogP) is 2.84. The minimum absolute atomic E-state index is 0.493. The first-order valence-corrected chi connectivity index (χ1v) is 8.40. The second-order valence-electron chi connectivity index (χ2n) is 5.29. The smallest absolute Gasteiger partial charge is 0.0279 e. The van der Waals surface area contributed by atoms with Crippen molar-refractivity contribution in [3.8, 4) is 0 Å². The summed E-state index contributed by atoms with van der Waals surface area (Å²) in [5, 5.41) is 3.48. The molecule has 1 rings (SSSR count). The lowest BCUT2D eigenvalue weighted by Crippen LogP contribution is -2.39. The van der Waals surface area contributed by atoms with Gasteiger partial charge in [0, 0.05) is 17.8 Å². The molecule has 0 aromatic carbocycles. The van der Waals surface area contributed by atoms with Crippen molar-refractivity contribution in [2.45, 2.75) is 44.8 Å². The average Bonchev–Trinajstić information content (AvgIpc) is 2.81. The minimum Gasteiger partial charge on any atom is -0.317 e. The summed E-state index contributed by atoms with van der Waals surface area (Å²) in [6, 6.07) is 0. The van der Waals surface area contributed by atoms with E-state index in [9.17, 15) is 0 Å². The molecular formula is C14H30N2S. The number of hydrogen-bond acceptors (Lipinski definition) is 3. The first-order valence-electron chi connectivity index (χ1n) is 7.17. The van der Waals surface area contributed by atoms with Crippen molar-refractivity contribution in [2.24, 2.45) is 5.92 Å². The van der Waals surface area contributed by atoms with Crippen LogP contribution in [0.2, 0.25) is 0 Å². The first kappa shape index (κ1) is 15.3. The molecule has 0 bridgehead atoms. The van der Waals surface area contributed by atoms with Crippen molar-refractivity contribution in [3.63, 3.8) is 0 Å². The molecule has 1 atom stereocenters. The molecular weight excluding hydrogens is 228 g/mol. The van der Waals surface area contributed by atoms with E-state index in [2.05, 4.69) is 49.0 Å². The van der Waals surface area contributed by atoms with Crippen LogP contribution >= 0.6 is 11.8 Å². The molecule has 0 aliphatic carbocycles. The molecule has 1 aliphatic heterocycles. The van der Waals surface area contributed by atoms with Crippen molar-refractivity contribution >= 4 is 11.8 Å². The lowest BCUT2D eigenvalue weighted by Gasteiger charge is -2.34. The van der Waals surface area contributed by atoms with E-state index in [0.29, 0.717) is 4.75 Å². The quantitative estimate of drug-likeness (QED) is 0.721. The highest BCUT2D eigenvalue weighted by Gasteiger charge is 2.31. The summed E-state index contributed by atoms with van der Waals surface area (Å²) in [7, 11) is 0. The molecule has 1 N–H and O–H groups in total. The monoisotopic (exact) mass is 258 g/mol. The number of hydrogen-bond donors (Lipinski definition) is 1. The lowest BCUT2D eigenvalue weighted by molar-refractivity contribution is 0.278. The third kappa shape index (κ3) is 4.46. The fourth-order valence-corrected chi connectivity index (χ4v) is 3.69. The number of nitrogens with one attached hydrogen (secondary N) is 1. The first-order chi connectivity index (χ1) is 8.19. The lowest BCUT2D eigenvalue weighted by atomic mass is 10.0. The van der Waals surface area contributed by atoms with Crippen molar-refractivity contribution in [1.82, 2.24) is 10.2 Å². The molecule has 0 radical (unpaired) electrons. The fraction of sp³-hybridized carbons (Fsp3) is 1.00. The summed E-state index contributed by atoms with van der Waals surface area (Å²) in [5.74, 6) is 0.878. The summed E-state index contributed by atoms with van der Waals surface area (Å²) in [6.45, 7) is 13.1. The summed E-state index contributed by atoms with van der Waals surface area (Å²) in [5.41, 5.74) is 0. The van der Waals surface area contributed by atoms with Crippen LogP contribution in [0.3, 0.4) is 0 Å². The summed E-state index contributed by atoms with van der Waals surface area (Å²) < 4.78 is 0.493. The van der Waals surface area contributed by atoms with E-state index in [1.54, 1.807) is 0 Å². The highest BCUT2D eigenvalue weighted by molar-refractivity contribution is 8.00. The molecule has 0 amide bonds. The maximum Gasteiger partial charge on any atom is 0.0279 e. The van der Waals surface area contributed by atoms with E-state index in [4.69, 9.17) is 0 Å². The minimum atomic E-state index is 0.493. The van der Waals surface area contributed by atoms with Crippen LogP contribution in [0.1, 0.15) is 40.0 Å². The topological polar surface area (TPSA) is 15.3 Å². The second-order valence-corrected chi connectivity index (χ2v) is 6.57. The van der Waals surface area contributed by atoms with E-state index in [1.807, 2.05) is 0 Å². The SMILES string of the molecule is CCNCC1CCN(CC(CC)(CC)SC)C1. The number of rotatable bonds is 8. The zero-order chi connectivity index (χ0) is 12.7. The number of likely N-dealkylation sites (tertiary alicyclic amines) is 1. The Morgan fingerprint density at radius 3 is 2.53 bits per heavy atom. The molecule has 0 aromatic rings. The van der Waals surface area contributed by atoms with Gasteiger partial charge >= 0.3 is 0 Å². The van der Waals surface area contributed by atoms with Gasteiger partial charge in [0.25, 0.3) is 0 Å². The van der Waals surface area contributed by atoms with Crippen molar-refractivity contribution < 1.29 is 0 Å². The van der Waals surface area contributed by atoms with Gasteiger partial charge in [-0.1, -0.05) is 20.8 Å². The Balaban J connectivity index is 2.37. The molecule has 1 saturated heterocycles. The third-order valence-electron chi connectivity index (χ3n) is 4.29. The van der Waals surface area contributed by atoms with Crippen molar-refractivity contribution in [1.29, 1.82) is 0 Å². The highest BCUT2D eigenvalue weighted by atomic mass is 32.2. The molecule has 1 fully saturated rings. The van der Waals surface area contributed by atoms with Crippen LogP contribution in [0.15, 0.2) is 0 Å². The van der Waals surface area contributed by atoms with E-state index < -0.39 is 0 Å². The molecule has 0 saturated carbocycles. The van der Waals surface area contributed by atoms with Gasteiger partial charge in [0.05, 0.1) is 0 Å². The molecule has 17 heavy (non-hydrogen) atoms. The molecule has 1 aliphatic rings. The van der Waals surface area contributed by atoms with Crippen molar-refractivity contribution in [3.05, 3.63) is 0 Å². The Hall–Kier alpha value is 0.270. The summed E-state index contributed by atoms with van der Waals surface area (Å²) in [4.78, 5) is 2.69. The van der Waals surface area contributed by atoms with Gasteiger partial charge in [0.2, 0.25) is 0 Å². The van der Waals surface area contributed by atoms with E-state index in [0.717, 1.165) is 12.5 Å². The summed E-state index contributed by atoms with van der Waals surface area (Å²) in [6.07, 6.45) is 6.24. The van der Waals surface area contributed by atoms with Gasteiger partial charge in [0.15, 0.2) is 0 Å². The van der Waals surface area contributed by atoms with Gasteiger partial charge in [-0.25, -0.2) is 0 Å². The summed E-state index contributed by atoms with van der Waals surface area (Å²) >= 11 is 2.07. The normalized spacial score (nSPS) is 22.2. The van der Waals surface area contributed by atoms with Crippen LogP contribution in [0.25, 0.3) is 0 Å². The van der Waals surface area contributed by atoms with Gasteiger partial charge in [-0.3, -0.25) is 0 Å². The Kier molecular flexibility index (Phi) is 6.90. The zero-order valence-electron chi connectivity index (χ0n) is 12.1. The molecule has 102 valence electrons. The van der Waals surface area contributed by atoms with Crippen LogP contribution in [0.5, 0.6) is 0 Å². The van der Waals surface area contributed by atoms with Crippen LogP contribution in [-0.4, -0.2) is 48.6 Å². The third-order valence-corrected chi connectivity index (χ3v) is 5.86. The maximum atomic E-state index is 3.48. The van der Waals surface area contributed by atoms with Gasteiger partial charge in [-0.15, -0.1) is 0 Å². The molecule has 1 unspecified atom stereocenters. The van der Waals surface area contributed by atoms with Gasteiger partial charge in [0.1, 0.15) is 0 Å². The fourth-order valence-electron chi connectivity index (χ4n) is 2.81. The van der Waals surface area contributed by atoms with Crippen LogP contribution in [-0.2, 0) is 0 Å². The largest absolute Gasteiger partial charge is 0.317 e. The second kappa shape index (κ2) is 7.65. The van der Waals surface area contributed by atoms with Crippen LogP contribution in [0, 0.1) is 5.92 Å². The van der Waals surface area contributed by atoms with Crippen molar-refractivity contribution in [2.75, 3.05) is 39.0 Å². The Labute approximate surface area is 112 Å². The van der Waals surface area contributed by atoms with E-state index >= 15 is 0 Å². The standard InChI is InChI=1S/C14H30N2S/c1-5-14(6-2,17-4)12-16-9-8-13(11-16)10-15-7-3/h13,15H,5-12H2,1-4H3. The van der Waals surface area contributed by atoms with Gasteiger partial charge < -0.3 is 10.2 Å². The highest BCUT2D eigenvalue weighted by Crippen LogP contribution is 2.32. The Morgan fingerprint density at radius 2 is 2.00 bits per heavy atom. The van der Waals surface area contributed by atoms with Gasteiger partial charge in [-0.2, -0.15) is 11.8 Å².